The fraction of sp³-hybridized carbons (Fsp3) is 0.857. The minimum atomic E-state index is -1.01. The van der Waals surface area contributed by atoms with Gasteiger partial charge in [0, 0.05) is 0 Å². The molecule has 0 aromatic carbocycles. The van der Waals surface area contributed by atoms with Crippen molar-refractivity contribution in [3.8, 4) is 0 Å². The maximum Gasteiger partial charge on any atom is 0.329 e. The lowest BCUT2D eigenvalue weighted by Gasteiger charge is -2.24. The van der Waals surface area contributed by atoms with Crippen molar-refractivity contribution in [3.05, 3.63) is 0 Å². The molecule has 0 saturated carbocycles. The maximum absolute atomic E-state index is 12.4. The summed E-state index contributed by atoms with van der Waals surface area (Å²) in [5.74, 6) is -1.36. The number of hydrogen-bond acceptors (Lipinski definition) is 5. The molecule has 7 heteroatoms. The number of ether oxygens (including phenoxy) is 2. The van der Waals surface area contributed by atoms with Gasteiger partial charge in [0.25, 0.3) is 5.91 Å². The van der Waals surface area contributed by atoms with E-state index in [0.29, 0.717) is 17.7 Å². The molecule has 1 unspecified atom stereocenters. The van der Waals surface area contributed by atoms with Crippen LogP contribution in [0.5, 0.6) is 0 Å². The van der Waals surface area contributed by atoms with E-state index < -0.39 is 18.0 Å². The monoisotopic (exact) mass is 401 g/mol. The summed E-state index contributed by atoms with van der Waals surface area (Å²) in [5, 5.41) is 2.64. The van der Waals surface area contributed by atoms with Crippen molar-refractivity contribution in [2.75, 3.05) is 40.9 Å². The second kappa shape index (κ2) is 15.3. The quantitative estimate of drug-likeness (QED) is 0.244. The van der Waals surface area contributed by atoms with Crippen molar-refractivity contribution >= 4 is 17.8 Å². The third-order valence-corrected chi connectivity index (χ3v) is 4.11. The molecule has 1 atom stereocenters. The highest BCUT2D eigenvalue weighted by molar-refractivity contribution is 5.88. The summed E-state index contributed by atoms with van der Waals surface area (Å²) in [4.78, 5) is 36.7. The average Bonchev–Trinajstić information content (AvgIpc) is 2.59. The largest absolute Gasteiger partial charge is 0.466 e. The first-order valence-corrected chi connectivity index (χ1v) is 10.6. The summed E-state index contributed by atoms with van der Waals surface area (Å²) in [5.41, 5.74) is 0. The summed E-state index contributed by atoms with van der Waals surface area (Å²) >= 11 is 0. The topological polar surface area (TPSA) is 81.7 Å². The number of nitrogens with one attached hydrogen (secondary N) is 1. The van der Waals surface area contributed by atoms with Gasteiger partial charge in [0.1, 0.15) is 6.04 Å². The van der Waals surface area contributed by atoms with Gasteiger partial charge in [-0.3, -0.25) is 9.59 Å². The Balaban J connectivity index is 4.58. The zero-order chi connectivity index (χ0) is 21.4. The third-order valence-electron chi connectivity index (χ3n) is 4.11. The van der Waals surface area contributed by atoms with Crippen molar-refractivity contribution in [1.29, 1.82) is 0 Å². The van der Waals surface area contributed by atoms with E-state index in [4.69, 9.17) is 9.47 Å². The molecule has 0 saturated heterocycles. The highest BCUT2D eigenvalue weighted by Crippen LogP contribution is 2.05. The first-order chi connectivity index (χ1) is 13.2. The zero-order valence-electron chi connectivity index (χ0n) is 18.6. The molecule has 1 amide bonds. The van der Waals surface area contributed by atoms with Crippen LogP contribution in [0.2, 0.25) is 0 Å². The molecule has 0 aliphatic heterocycles. The summed E-state index contributed by atoms with van der Waals surface area (Å²) in [6.45, 7) is 5.06. The maximum atomic E-state index is 12.4. The Morgan fingerprint density at radius 1 is 0.821 bits per heavy atom. The van der Waals surface area contributed by atoms with Crippen LogP contribution in [0.1, 0.15) is 71.6 Å². The van der Waals surface area contributed by atoms with Crippen molar-refractivity contribution in [1.82, 2.24) is 5.32 Å². The molecule has 0 radical (unpaired) electrons. The van der Waals surface area contributed by atoms with Crippen molar-refractivity contribution in [2.45, 2.75) is 77.7 Å². The molecule has 164 valence electrons. The van der Waals surface area contributed by atoms with Gasteiger partial charge in [-0.15, -0.1) is 0 Å². The lowest BCUT2D eigenvalue weighted by atomic mass is 10.2. The third kappa shape index (κ3) is 15.4. The van der Waals surface area contributed by atoms with Gasteiger partial charge in [0.15, 0.2) is 6.54 Å². The van der Waals surface area contributed by atoms with Crippen molar-refractivity contribution in [2.24, 2.45) is 0 Å². The van der Waals surface area contributed by atoms with E-state index in [-0.39, 0.29) is 18.9 Å². The summed E-state index contributed by atoms with van der Waals surface area (Å²) in [7, 11) is 5.64. The van der Waals surface area contributed by atoms with Crippen LogP contribution in [0, 0.1) is 0 Å². The first kappa shape index (κ1) is 26.4. The molecule has 0 aliphatic carbocycles. The normalized spacial score (nSPS) is 12.3. The first-order valence-electron chi connectivity index (χ1n) is 10.6. The SMILES string of the molecule is CCCCCCOC(=O)CC(NC(=O)C[N+](C)(C)C)C(=O)OCCCCCC. The molecule has 0 heterocycles. The molecule has 0 aliphatic rings. The predicted molar refractivity (Wildman–Crippen MR) is 110 cm³/mol. The molecular weight excluding hydrogens is 360 g/mol. The van der Waals surface area contributed by atoms with Crippen LogP contribution in [0.15, 0.2) is 0 Å². The minimum Gasteiger partial charge on any atom is -0.466 e. The molecule has 1 N–H and O–H groups in total. The van der Waals surface area contributed by atoms with Crippen molar-refractivity contribution in [3.63, 3.8) is 0 Å². The van der Waals surface area contributed by atoms with Gasteiger partial charge in [-0.25, -0.2) is 4.79 Å². The summed E-state index contributed by atoms with van der Waals surface area (Å²) in [6.07, 6.45) is 7.78. The molecule has 0 bridgehead atoms. The molecule has 7 nitrogen and oxygen atoms in total. The molecule has 0 rings (SSSR count). The number of carbonyl (C=O) groups excluding carboxylic acids is 3. The Hall–Kier alpha value is -1.63. The Morgan fingerprint density at radius 3 is 1.86 bits per heavy atom. The molecule has 0 spiro atoms. The minimum absolute atomic E-state index is 0.201. The molecular formula is C21H41N2O5+. The van der Waals surface area contributed by atoms with Crippen molar-refractivity contribution < 1.29 is 28.3 Å². The number of rotatable bonds is 16. The fourth-order valence-electron chi connectivity index (χ4n) is 2.61. The molecule has 28 heavy (non-hydrogen) atoms. The Bertz CT molecular complexity index is 460. The Morgan fingerprint density at radius 2 is 1.36 bits per heavy atom. The van der Waals surface area contributed by atoms with Gasteiger partial charge >= 0.3 is 11.9 Å². The second-order valence-electron chi connectivity index (χ2n) is 8.28. The number of esters is 2. The van der Waals surface area contributed by atoms with Gasteiger partial charge in [0.2, 0.25) is 0 Å². The van der Waals surface area contributed by atoms with Gasteiger partial charge in [-0.05, 0) is 12.8 Å². The number of hydrogen-bond donors (Lipinski definition) is 1. The highest BCUT2D eigenvalue weighted by atomic mass is 16.5. The number of unbranched alkanes of at least 4 members (excludes halogenated alkanes) is 6. The average molecular weight is 402 g/mol. The van der Waals surface area contributed by atoms with Crippen LogP contribution in [0.25, 0.3) is 0 Å². The van der Waals surface area contributed by atoms with Crippen LogP contribution in [0.3, 0.4) is 0 Å². The van der Waals surface area contributed by atoms with E-state index in [1.165, 1.54) is 0 Å². The number of amides is 1. The fourth-order valence-corrected chi connectivity index (χ4v) is 2.61. The summed E-state index contributed by atoms with van der Waals surface area (Å²) < 4.78 is 10.9. The van der Waals surface area contributed by atoms with E-state index in [2.05, 4.69) is 19.2 Å². The number of carbonyl (C=O) groups is 3. The lowest BCUT2D eigenvalue weighted by molar-refractivity contribution is -0.862. The van der Waals surface area contributed by atoms with Gasteiger partial charge in [-0.1, -0.05) is 52.4 Å². The lowest BCUT2D eigenvalue weighted by Crippen LogP contribution is -2.50. The van der Waals surface area contributed by atoms with Crippen LogP contribution >= 0.6 is 0 Å². The van der Waals surface area contributed by atoms with E-state index in [1.807, 2.05) is 21.1 Å². The van der Waals surface area contributed by atoms with Gasteiger partial charge < -0.3 is 19.3 Å². The predicted octanol–water partition coefficient (Wildman–Crippen LogP) is 2.81. The van der Waals surface area contributed by atoms with E-state index >= 15 is 0 Å². The van der Waals surface area contributed by atoms with Gasteiger partial charge in [-0.2, -0.15) is 0 Å². The second-order valence-corrected chi connectivity index (χ2v) is 8.28. The molecule has 0 aromatic rings. The van der Waals surface area contributed by atoms with E-state index in [0.717, 1.165) is 51.4 Å². The van der Waals surface area contributed by atoms with Gasteiger partial charge in [0.05, 0.1) is 40.8 Å². The zero-order valence-corrected chi connectivity index (χ0v) is 18.6. The standard InChI is InChI=1S/C21H40N2O5/c1-6-8-10-12-14-27-20(25)16-18(22-19(24)17-23(3,4)5)21(26)28-15-13-11-9-7-2/h18H,6-17H2,1-5H3/p+1. The molecule has 0 aromatic heterocycles. The van der Waals surface area contributed by atoms with Crippen LogP contribution < -0.4 is 5.32 Å². The Labute approximate surface area is 170 Å². The highest BCUT2D eigenvalue weighted by Gasteiger charge is 2.28. The van der Waals surface area contributed by atoms with Crippen LogP contribution in [-0.4, -0.2) is 69.3 Å². The number of quaternary nitrogens is 1. The van der Waals surface area contributed by atoms with Crippen LogP contribution in [0.4, 0.5) is 0 Å². The Kier molecular flexibility index (Phi) is 14.4. The van der Waals surface area contributed by atoms with Crippen LogP contribution in [-0.2, 0) is 23.9 Å². The van der Waals surface area contributed by atoms with E-state index in [1.54, 1.807) is 0 Å². The molecule has 0 fully saturated rings. The van der Waals surface area contributed by atoms with E-state index in [9.17, 15) is 14.4 Å². The smallest absolute Gasteiger partial charge is 0.329 e. The number of nitrogens with zero attached hydrogens (tertiary/aromatic N) is 1. The summed E-state index contributed by atoms with van der Waals surface area (Å²) in [6, 6.07) is -1.01. The number of likely N-dealkylation sites (N-methyl/N-ethyl adjacent to an activating group) is 1.